The topological polar surface area (TPSA) is 46.1 Å². The summed E-state index contributed by atoms with van der Waals surface area (Å²) in [6, 6.07) is 8.56. The van der Waals surface area contributed by atoms with Crippen molar-refractivity contribution < 1.29 is 18.0 Å². The van der Waals surface area contributed by atoms with E-state index in [2.05, 4.69) is 9.97 Å². The van der Waals surface area contributed by atoms with Crippen LogP contribution >= 0.6 is 23.1 Å². The van der Waals surface area contributed by atoms with Crippen molar-refractivity contribution in [2.75, 3.05) is 6.54 Å². The van der Waals surface area contributed by atoms with E-state index in [1.807, 2.05) is 11.4 Å². The van der Waals surface area contributed by atoms with Gasteiger partial charge in [0.15, 0.2) is 0 Å². The summed E-state index contributed by atoms with van der Waals surface area (Å²) >= 11 is 2.74. The Bertz CT molecular complexity index is 1030. The Kier molecular flexibility index (Phi) is 5.05. The van der Waals surface area contributed by atoms with E-state index in [9.17, 15) is 18.0 Å². The normalized spacial score (nSPS) is 15.5. The zero-order valence-electron chi connectivity index (χ0n) is 14.9. The predicted molar refractivity (Wildman–Crippen MR) is 103 cm³/mol. The number of halogens is 3. The van der Waals surface area contributed by atoms with E-state index in [1.54, 1.807) is 41.4 Å². The van der Waals surface area contributed by atoms with Crippen molar-refractivity contribution in [1.82, 2.24) is 14.9 Å². The minimum atomic E-state index is -4.64. The van der Waals surface area contributed by atoms with Gasteiger partial charge in [-0.15, -0.1) is 11.3 Å². The molecule has 0 saturated heterocycles. The largest absolute Gasteiger partial charge is 0.451 e. The second kappa shape index (κ2) is 7.36. The molecule has 2 aromatic heterocycles. The van der Waals surface area contributed by atoms with Gasteiger partial charge in [-0.1, -0.05) is 30.0 Å². The van der Waals surface area contributed by atoms with Crippen LogP contribution in [0, 0.1) is 0 Å². The zero-order valence-corrected chi connectivity index (χ0v) is 16.5. The molecule has 1 aromatic carbocycles. The second-order valence-electron chi connectivity index (χ2n) is 6.51. The third-order valence-corrected chi connectivity index (χ3v) is 6.69. The molecule has 0 bridgehead atoms. The number of carbonyl (C=O) groups excluding carboxylic acids is 1. The van der Waals surface area contributed by atoms with Crippen LogP contribution in [0.25, 0.3) is 10.9 Å². The van der Waals surface area contributed by atoms with Crippen LogP contribution in [-0.4, -0.2) is 32.6 Å². The summed E-state index contributed by atoms with van der Waals surface area (Å²) in [5, 5.41) is 2.15. The van der Waals surface area contributed by atoms with Crippen LogP contribution in [0.3, 0.4) is 0 Å². The number of alkyl halides is 3. The summed E-state index contributed by atoms with van der Waals surface area (Å²) in [6.07, 6.45) is -3.83. The maximum Gasteiger partial charge on any atom is 0.451 e. The number of aromatic nitrogens is 2. The molecule has 0 fully saturated rings. The van der Waals surface area contributed by atoms with Crippen molar-refractivity contribution in [2.24, 2.45) is 0 Å². The van der Waals surface area contributed by atoms with Crippen molar-refractivity contribution in [1.29, 1.82) is 0 Å². The Morgan fingerprint density at radius 3 is 2.82 bits per heavy atom. The van der Waals surface area contributed by atoms with Gasteiger partial charge in [0.05, 0.1) is 10.8 Å². The van der Waals surface area contributed by atoms with Crippen LogP contribution in [0.1, 0.15) is 23.2 Å². The van der Waals surface area contributed by atoms with Crippen LogP contribution in [-0.2, 0) is 23.9 Å². The molecule has 0 spiro atoms. The highest BCUT2D eigenvalue weighted by Crippen LogP contribution is 2.34. The molecular weight excluding hydrogens is 407 g/mol. The molecule has 1 aliphatic rings. The Balaban J connectivity index is 1.59. The Hall–Kier alpha value is -2.13. The monoisotopic (exact) mass is 423 g/mol. The number of amides is 1. The van der Waals surface area contributed by atoms with Crippen molar-refractivity contribution >= 4 is 39.9 Å². The van der Waals surface area contributed by atoms with E-state index in [0.717, 1.165) is 23.7 Å². The lowest BCUT2D eigenvalue weighted by atomic mass is 10.1. The van der Waals surface area contributed by atoms with Gasteiger partial charge in [-0.25, -0.2) is 9.97 Å². The lowest BCUT2D eigenvalue weighted by Crippen LogP contribution is -2.39. The average Bonchev–Trinajstić information content (AvgIpc) is 3.14. The van der Waals surface area contributed by atoms with Gasteiger partial charge in [0, 0.05) is 23.4 Å². The predicted octanol–water partition coefficient (Wildman–Crippen LogP) is 4.78. The molecule has 1 amide bonds. The van der Waals surface area contributed by atoms with E-state index in [0.29, 0.717) is 18.5 Å². The van der Waals surface area contributed by atoms with Crippen LogP contribution in [0.5, 0.6) is 0 Å². The zero-order chi connectivity index (χ0) is 19.9. The molecular formula is C19H16F3N3OS2. The Morgan fingerprint density at radius 2 is 2.04 bits per heavy atom. The first-order valence-corrected chi connectivity index (χ1v) is 10.4. The summed E-state index contributed by atoms with van der Waals surface area (Å²) in [7, 11) is 0. The lowest BCUT2D eigenvalue weighted by Gasteiger charge is -2.29. The fourth-order valence-corrected chi connectivity index (χ4v) is 5.09. The van der Waals surface area contributed by atoms with Gasteiger partial charge in [0.2, 0.25) is 11.7 Å². The van der Waals surface area contributed by atoms with Gasteiger partial charge in [0.25, 0.3) is 0 Å². The molecule has 4 rings (SSSR count). The van der Waals surface area contributed by atoms with Crippen molar-refractivity contribution in [3.05, 3.63) is 52.0 Å². The molecule has 0 N–H and O–H groups in total. The molecule has 0 saturated carbocycles. The number of hydrogen-bond acceptors (Lipinski definition) is 5. The number of thiophene rings is 1. The molecule has 1 unspecified atom stereocenters. The first kappa shape index (κ1) is 19.2. The van der Waals surface area contributed by atoms with E-state index in [1.165, 1.54) is 10.9 Å². The SMILES string of the molecule is CC(Sc1nc(C(F)(F)F)nc2ccccc12)C(=O)N1CCc2sccc2C1. The van der Waals surface area contributed by atoms with Gasteiger partial charge in [-0.3, -0.25) is 4.79 Å². The van der Waals surface area contributed by atoms with Gasteiger partial charge in [0.1, 0.15) is 5.03 Å². The highest BCUT2D eigenvalue weighted by atomic mass is 32.2. The maximum atomic E-state index is 13.2. The standard InChI is InChI=1S/C19H16F3N3OS2/c1-11(17(26)25-8-6-15-12(10-25)7-9-27-15)28-16-13-4-2-3-5-14(13)23-18(24-16)19(20,21)22/h2-5,7,9,11H,6,8,10H2,1H3. The van der Waals surface area contributed by atoms with Crippen LogP contribution in [0.2, 0.25) is 0 Å². The van der Waals surface area contributed by atoms with E-state index < -0.39 is 17.3 Å². The number of para-hydroxylation sites is 1. The number of nitrogens with zero attached hydrogens (tertiary/aromatic N) is 3. The lowest BCUT2D eigenvalue weighted by molar-refractivity contribution is -0.145. The molecule has 3 aromatic rings. The number of rotatable bonds is 3. The van der Waals surface area contributed by atoms with Crippen molar-refractivity contribution in [3.8, 4) is 0 Å². The molecule has 28 heavy (non-hydrogen) atoms. The third-order valence-electron chi connectivity index (χ3n) is 4.58. The van der Waals surface area contributed by atoms with E-state index in [4.69, 9.17) is 0 Å². The summed E-state index contributed by atoms with van der Waals surface area (Å²) in [5.74, 6) is -1.28. The smallest absolute Gasteiger partial charge is 0.337 e. The van der Waals surface area contributed by atoms with Crippen LogP contribution < -0.4 is 0 Å². The van der Waals surface area contributed by atoms with Gasteiger partial charge in [-0.2, -0.15) is 13.2 Å². The fraction of sp³-hybridized carbons (Fsp3) is 0.316. The first-order valence-electron chi connectivity index (χ1n) is 8.67. The average molecular weight is 423 g/mol. The van der Waals surface area contributed by atoms with Crippen molar-refractivity contribution in [2.45, 2.75) is 36.3 Å². The van der Waals surface area contributed by atoms with Crippen molar-refractivity contribution in [3.63, 3.8) is 0 Å². The number of fused-ring (bicyclic) bond motifs is 2. The molecule has 0 radical (unpaired) electrons. The molecule has 0 aliphatic carbocycles. The number of thioether (sulfide) groups is 1. The molecule has 3 heterocycles. The van der Waals surface area contributed by atoms with Gasteiger partial charge in [-0.05, 0) is 36.4 Å². The van der Waals surface area contributed by atoms with Crippen LogP contribution in [0.15, 0.2) is 40.7 Å². The highest BCUT2D eigenvalue weighted by Gasteiger charge is 2.36. The minimum absolute atomic E-state index is 0.0990. The van der Waals surface area contributed by atoms with Gasteiger partial charge < -0.3 is 4.90 Å². The maximum absolute atomic E-state index is 13.2. The molecule has 9 heteroatoms. The summed E-state index contributed by atoms with van der Waals surface area (Å²) in [6.45, 7) is 2.87. The van der Waals surface area contributed by atoms with Gasteiger partial charge >= 0.3 is 6.18 Å². The van der Waals surface area contributed by atoms with E-state index >= 15 is 0 Å². The molecule has 1 aliphatic heterocycles. The summed E-state index contributed by atoms with van der Waals surface area (Å²) < 4.78 is 39.6. The molecule has 4 nitrogen and oxygen atoms in total. The second-order valence-corrected chi connectivity index (χ2v) is 8.84. The number of benzene rings is 1. The number of carbonyl (C=O) groups is 1. The highest BCUT2D eigenvalue weighted by molar-refractivity contribution is 8.00. The fourth-order valence-electron chi connectivity index (χ4n) is 3.18. The Morgan fingerprint density at radius 1 is 1.25 bits per heavy atom. The van der Waals surface area contributed by atoms with E-state index in [-0.39, 0.29) is 16.4 Å². The molecule has 1 atom stereocenters. The quantitative estimate of drug-likeness (QED) is 0.450. The first-order chi connectivity index (χ1) is 13.3. The summed E-state index contributed by atoms with van der Waals surface area (Å²) in [5.41, 5.74) is 1.36. The number of hydrogen-bond donors (Lipinski definition) is 0. The summed E-state index contributed by atoms with van der Waals surface area (Å²) in [4.78, 5) is 23.3. The van der Waals surface area contributed by atoms with Crippen LogP contribution in [0.4, 0.5) is 13.2 Å². The minimum Gasteiger partial charge on any atom is -0.337 e. The molecule has 146 valence electrons. The Labute approximate surface area is 167 Å². The third kappa shape index (κ3) is 3.73.